The molecule has 42 heavy (non-hydrogen) atoms. The van der Waals surface area contributed by atoms with Gasteiger partial charge in [-0.1, -0.05) is 6.42 Å². The van der Waals surface area contributed by atoms with Gasteiger partial charge in [0.15, 0.2) is 0 Å². The molecule has 2 heterocycles. The van der Waals surface area contributed by atoms with E-state index in [4.69, 9.17) is 19.9 Å². The summed E-state index contributed by atoms with van der Waals surface area (Å²) in [6, 6.07) is 4.73. The molecule has 2 unspecified atom stereocenters. The van der Waals surface area contributed by atoms with Crippen LogP contribution in [0, 0.1) is 12.8 Å². The van der Waals surface area contributed by atoms with Gasteiger partial charge in [-0.25, -0.2) is 9.78 Å². The lowest BCUT2D eigenvalue weighted by Gasteiger charge is -2.29. The van der Waals surface area contributed by atoms with Crippen molar-refractivity contribution in [2.75, 3.05) is 26.1 Å². The first-order valence-corrected chi connectivity index (χ1v) is 13.9. The van der Waals surface area contributed by atoms with Crippen LogP contribution < -0.4 is 21.1 Å². The number of imidazole rings is 1. The Labute approximate surface area is 242 Å². The summed E-state index contributed by atoms with van der Waals surface area (Å²) in [5, 5.41) is 9.92. The summed E-state index contributed by atoms with van der Waals surface area (Å²) in [4.78, 5) is 54.3. The number of alkyl carbamates (subject to hydrolysis) is 1. The smallest absolute Gasteiger partial charge is 0.407 e. The van der Waals surface area contributed by atoms with Gasteiger partial charge in [-0.15, -0.1) is 0 Å². The van der Waals surface area contributed by atoms with E-state index in [-0.39, 0.29) is 24.0 Å². The highest BCUT2D eigenvalue weighted by Crippen LogP contribution is 2.31. The molecule has 4 N–H and O–H groups in total. The molecule has 226 valence electrons. The molecule has 0 aliphatic heterocycles. The number of benzene rings is 1. The van der Waals surface area contributed by atoms with Crippen LogP contribution in [0.1, 0.15) is 65.6 Å². The molecule has 2 aromatic heterocycles. The minimum absolute atomic E-state index is 0.207. The van der Waals surface area contributed by atoms with Gasteiger partial charge in [0.1, 0.15) is 23.1 Å². The Balaban J connectivity index is 1.51. The highest BCUT2D eigenvalue weighted by molar-refractivity contribution is 6.04. The van der Waals surface area contributed by atoms with Gasteiger partial charge in [0, 0.05) is 25.2 Å². The molecule has 3 amide bonds. The molecule has 0 saturated heterocycles. The summed E-state index contributed by atoms with van der Waals surface area (Å²) in [6.45, 7) is 4.75. The van der Waals surface area contributed by atoms with Crippen LogP contribution in [0.25, 0.3) is 11.0 Å². The summed E-state index contributed by atoms with van der Waals surface area (Å²) in [7, 11) is 2.79. The first kappa shape index (κ1) is 30.3. The number of nitrogens with zero attached hydrogens (tertiary/aromatic N) is 4. The first-order chi connectivity index (χ1) is 20.2. The number of hydrogen-bond acceptors (Lipinski definition) is 9. The minimum Gasteiger partial charge on any atom is -0.494 e. The second-order valence-electron chi connectivity index (χ2n) is 10.1. The fourth-order valence-corrected chi connectivity index (χ4v) is 5.24. The number of rotatable bonds is 11. The molecule has 0 radical (unpaired) electrons. The Morgan fingerprint density at radius 2 is 1.88 bits per heavy atom. The number of nitrogens with two attached hydrogens (primary N) is 1. The maximum Gasteiger partial charge on any atom is 0.407 e. The predicted molar refractivity (Wildman–Crippen MR) is 152 cm³/mol. The highest BCUT2D eigenvalue weighted by Gasteiger charge is 2.34. The van der Waals surface area contributed by atoms with Crippen LogP contribution in [0.15, 0.2) is 18.2 Å². The lowest BCUT2D eigenvalue weighted by molar-refractivity contribution is -0.151. The third kappa shape index (κ3) is 6.64. The Morgan fingerprint density at radius 3 is 2.57 bits per heavy atom. The van der Waals surface area contributed by atoms with E-state index in [1.54, 1.807) is 22.2 Å². The second kappa shape index (κ2) is 13.4. The molecule has 3 aromatic rings. The number of aryl methyl sites for hydroxylation is 3. The number of methoxy groups -OCH3 is 2. The van der Waals surface area contributed by atoms with Crippen LogP contribution in [0.5, 0.6) is 5.75 Å². The van der Waals surface area contributed by atoms with Gasteiger partial charge in [-0.05, 0) is 57.7 Å². The van der Waals surface area contributed by atoms with Gasteiger partial charge < -0.3 is 29.8 Å². The van der Waals surface area contributed by atoms with E-state index in [0.29, 0.717) is 60.5 Å². The Morgan fingerprint density at radius 1 is 1.12 bits per heavy atom. The molecule has 14 nitrogen and oxygen atoms in total. The van der Waals surface area contributed by atoms with Gasteiger partial charge in [-0.3, -0.25) is 24.4 Å². The molecule has 1 saturated carbocycles. The summed E-state index contributed by atoms with van der Waals surface area (Å²) in [6.07, 6.45) is 2.24. The predicted octanol–water partition coefficient (Wildman–Crippen LogP) is 2.77. The van der Waals surface area contributed by atoms with Crippen molar-refractivity contribution in [3.05, 3.63) is 35.2 Å². The number of ether oxygens (including phenoxy) is 3. The van der Waals surface area contributed by atoms with Gasteiger partial charge in [0.05, 0.1) is 31.3 Å². The van der Waals surface area contributed by atoms with E-state index in [1.165, 1.54) is 26.4 Å². The number of carbonyl (C=O) groups is 4. The fraction of sp³-hybridized carbons (Fsp3) is 0.500. The number of hydrogen-bond donors (Lipinski definition) is 3. The van der Waals surface area contributed by atoms with E-state index in [2.05, 4.69) is 20.7 Å². The lowest BCUT2D eigenvalue weighted by Crippen LogP contribution is -2.39. The van der Waals surface area contributed by atoms with E-state index >= 15 is 0 Å². The van der Waals surface area contributed by atoms with Crippen molar-refractivity contribution in [2.24, 2.45) is 11.7 Å². The maximum atomic E-state index is 13.2. The number of carbonyl (C=O) groups excluding carboxylic acids is 4. The number of anilines is 1. The molecular formula is C28H37N7O7. The number of aromatic nitrogens is 4. The maximum absolute atomic E-state index is 13.2. The molecule has 2 atom stereocenters. The summed E-state index contributed by atoms with van der Waals surface area (Å²) < 4.78 is 19.3. The van der Waals surface area contributed by atoms with Crippen molar-refractivity contribution >= 4 is 40.9 Å². The van der Waals surface area contributed by atoms with Crippen LogP contribution >= 0.6 is 0 Å². The standard InChI is InChI=1S/C28H37N7O7/c1-5-35-20(13-16(2)33-35)25(37)32-27-31-19-14-17(24(29)36)15-22(40-3)23(19)34(27)12-8-11-30-28(39)42-21-10-7-6-9-18(21)26(38)41-4/h13-15,18,21H,5-12H2,1-4H3,(H2,29,36)(H,30,39)(H,31,32,37). The topological polar surface area (TPSA) is 182 Å². The molecule has 1 aliphatic carbocycles. The van der Waals surface area contributed by atoms with Gasteiger partial charge in [0.2, 0.25) is 11.9 Å². The van der Waals surface area contributed by atoms with E-state index < -0.39 is 29.9 Å². The van der Waals surface area contributed by atoms with Crippen LogP contribution in [0.2, 0.25) is 0 Å². The summed E-state index contributed by atoms with van der Waals surface area (Å²) in [5.41, 5.74) is 7.73. The molecule has 14 heteroatoms. The van der Waals surface area contributed by atoms with Crippen molar-refractivity contribution in [1.29, 1.82) is 0 Å². The zero-order valence-electron chi connectivity index (χ0n) is 24.3. The minimum atomic E-state index is -0.646. The normalized spacial score (nSPS) is 16.6. The lowest BCUT2D eigenvalue weighted by atomic mass is 9.86. The molecule has 1 fully saturated rings. The third-order valence-electron chi connectivity index (χ3n) is 7.26. The van der Waals surface area contributed by atoms with E-state index in [9.17, 15) is 19.2 Å². The largest absolute Gasteiger partial charge is 0.494 e. The number of amides is 3. The van der Waals surface area contributed by atoms with Gasteiger partial charge in [-0.2, -0.15) is 5.10 Å². The average molecular weight is 584 g/mol. The third-order valence-corrected chi connectivity index (χ3v) is 7.26. The summed E-state index contributed by atoms with van der Waals surface area (Å²) in [5.74, 6) is -1.32. The molecule has 1 aromatic carbocycles. The van der Waals surface area contributed by atoms with Crippen molar-refractivity contribution in [2.45, 2.75) is 65.1 Å². The van der Waals surface area contributed by atoms with Crippen molar-refractivity contribution < 1.29 is 33.4 Å². The Bertz CT molecular complexity index is 1480. The molecule has 1 aliphatic rings. The van der Waals surface area contributed by atoms with Crippen LogP contribution in [0.4, 0.5) is 10.7 Å². The van der Waals surface area contributed by atoms with Crippen molar-refractivity contribution in [1.82, 2.24) is 24.6 Å². The van der Waals surface area contributed by atoms with Crippen LogP contribution in [0.3, 0.4) is 0 Å². The zero-order valence-corrected chi connectivity index (χ0v) is 24.3. The Kier molecular flexibility index (Phi) is 9.65. The summed E-state index contributed by atoms with van der Waals surface area (Å²) >= 11 is 0. The number of esters is 1. The van der Waals surface area contributed by atoms with Crippen molar-refractivity contribution in [3.63, 3.8) is 0 Å². The first-order valence-electron chi connectivity index (χ1n) is 13.9. The molecule has 0 bridgehead atoms. The number of nitrogens with one attached hydrogen (secondary N) is 2. The second-order valence-corrected chi connectivity index (χ2v) is 10.1. The SMILES string of the molecule is CCn1nc(C)cc1C(=O)Nc1nc2cc(C(N)=O)cc(OC)c2n1CCCNC(=O)OC1CCCCC1C(=O)OC. The average Bonchev–Trinajstić information content (AvgIpc) is 3.53. The number of fused-ring (bicyclic) bond motifs is 1. The molecule has 0 spiro atoms. The quantitative estimate of drug-likeness (QED) is 0.226. The van der Waals surface area contributed by atoms with Crippen molar-refractivity contribution in [3.8, 4) is 5.75 Å². The fourth-order valence-electron chi connectivity index (χ4n) is 5.24. The van der Waals surface area contributed by atoms with Crippen LogP contribution in [-0.4, -0.2) is 70.1 Å². The zero-order chi connectivity index (χ0) is 30.4. The molecular weight excluding hydrogens is 546 g/mol. The molecule has 4 rings (SSSR count). The van der Waals surface area contributed by atoms with Gasteiger partial charge in [0.25, 0.3) is 5.91 Å². The highest BCUT2D eigenvalue weighted by atomic mass is 16.6. The van der Waals surface area contributed by atoms with E-state index in [1.807, 2.05) is 6.92 Å². The Hall–Kier alpha value is -4.62. The van der Waals surface area contributed by atoms with E-state index in [0.717, 1.165) is 12.8 Å². The number of primary amides is 1. The van der Waals surface area contributed by atoms with Gasteiger partial charge >= 0.3 is 12.1 Å². The monoisotopic (exact) mass is 583 g/mol. The van der Waals surface area contributed by atoms with Crippen LogP contribution in [-0.2, 0) is 27.4 Å².